The van der Waals surface area contributed by atoms with Crippen LogP contribution in [0.25, 0.3) is 0 Å². The lowest BCUT2D eigenvalue weighted by molar-refractivity contribution is -0.385. The molecule has 0 spiro atoms. The molecule has 2 rings (SSSR count). The van der Waals surface area contributed by atoms with Gasteiger partial charge in [0.05, 0.1) is 36.0 Å². The predicted molar refractivity (Wildman–Crippen MR) is 127 cm³/mol. The van der Waals surface area contributed by atoms with Gasteiger partial charge < -0.3 is 19.9 Å². The maximum atomic E-state index is 13.1. The molecule has 0 saturated carbocycles. The molecule has 1 heterocycles. The van der Waals surface area contributed by atoms with Gasteiger partial charge in [-0.25, -0.2) is 4.79 Å². The molecule has 0 radical (unpaired) electrons. The highest BCUT2D eigenvalue weighted by molar-refractivity contribution is 6.07. The van der Waals surface area contributed by atoms with Crippen molar-refractivity contribution in [3.05, 3.63) is 45.1 Å². The van der Waals surface area contributed by atoms with Gasteiger partial charge in [-0.15, -0.1) is 0 Å². The minimum absolute atomic E-state index is 0.121. The summed E-state index contributed by atoms with van der Waals surface area (Å²) in [6, 6.07) is 4.17. The number of rotatable bonds is 12. The van der Waals surface area contributed by atoms with Crippen LogP contribution in [0.3, 0.4) is 0 Å². The van der Waals surface area contributed by atoms with Crippen LogP contribution in [-0.2, 0) is 19.1 Å². The molecule has 1 aliphatic rings. The molecular formula is C24H33N3O7. The van der Waals surface area contributed by atoms with Crippen molar-refractivity contribution in [3.63, 3.8) is 0 Å². The molecule has 10 nitrogen and oxygen atoms in total. The maximum absolute atomic E-state index is 13.1. The summed E-state index contributed by atoms with van der Waals surface area (Å²) in [5, 5.41) is 11.6. The molecule has 2 N–H and O–H groups in total. The van der Waals surface area contributed by atoms with Crippen LogP contribution in [0, 0.1) is 16.0 Å². The number of carbonyl (C=O) groups excluding carboxylic acids is 2. The van der Waals surface area contributed by atoms with E-state index in [0.29, 0.717) is 48.7 Å². The number of hydrogen-bond acceptors (Lipinski definition) is 9. The average Bonchev–Trinajstić information content (AvgIpc) is 2.81. The SMILES string of the molecule is CCOC(=O)C1=C(CC)N=C(C)C(C(=O)OCC)C1c1cc([N+](=O)[O-])ccc1OCCCCN. The van der Waals surface area contributed by atoms with E-state index >= 15 is 0 Å². The standard InChI is InChI=1S/C24H33N3O7/c1-5-18-22(24(29)33-7-3)21(20(15(4)26-18)23(28)32-6-2)17-14-16(27(30)31)10-11-19(17)34-13-9-8-12-25/h10-11,14,20-21H,5-9,12-13,25H2,1-4H3. The molecule has 0 bridgehead atoms. The van der Waals surface area contributed by atoms with Crippen LogP contribution < -0.4 is 10.5 Å². The van der Waals surface area contributed by atoms with Crippen molar-refractivity contribution in [1.82, 2.24) is 0 Å². The number of hydrogen-bond donors (Lipinski definition) is 1. The maximum Gasteiger partial charge on any atom is 0.336 e. The largest absolute Gasteiger partial charge is 0.493 e. The molecule has 0 aromatic heterocycles. The van der Waals surface area contributed by atoms with Gasteiger partial charge >= 0.3 is 11.9 Å². The van der Waals surface area contributed by atoms with Gasteiger partial charge in [0.1, 0.15) is 11.7 Å². The minimum atomic E-state index is -0.969. The zero-order chi connectivity index (χ0) is 25.3. The molecule has 1 aliphatic heterocycles. The quantitative estimate of drug-likeness (QED) is 0.209. The van der Waals surface area contributed by atoms with Crippen molar-refractivity contribution in [1.29, 1.82) is 0 Å². The molecule has 2 atom stereocenters. The summed E-state index contributed by atoms with van der Waals surface area (Å²) in [6.07, 6.45) is 1.83. The van der Waals surface area contributed by atoms with Crippen molar-refractivity contribution < 1.29 is 28.7 Å². The van der Waals surface area contributed by atoms with E-state index in [2.05, 4.69) is 4.99 Å². The number of carbonyl (C=O) groups is 2. The fourth-order valence-electron chi connectivity index (χ4n) is 3.98. The van der Waals surface area contributed by atoms with Gasteiger partial charge in [-0.3, -0.25) is 19.9 Å². The molecule has 0 aliphatic carbocycles. The van der Waals surface area contributed by atoms with Crippen LogP contribution in [0.5, 0.6) is 5.75 Å². The molecule has 1 aromatic carbocycles. The van der Waals surface area contributed by atoms with Crippen LogP contribution >= 0.6 is 0 Å². The first-order valence-electron chi connectivity index (χ1n) is 11.5. The van der Waals surface area contributed by atoms with Crippen molar-refractivity contribution in [2.75, 3.05) is 26.4 Å². The summed E-state index contributed by atoms with van der Waals surface area (Å²) in [4.78, 5) is 41.8. The topological polar surface area (TPSA) is 143 Å². The van der Waals surface area contributed by atoms with Crippen molar-refractivity contribution in [3.8, 4) is 5.75 Å². The summed E-state index contributed by atoms with van der Waals surface area (Å²) in [6.45, 7) is 7.97. The van der Waals surface area contributed by atoms with Gasteiger partial charge in [0.15, 0.2) is 0 Å². The molecular weight excluding hydrogens is 442 g/mol. The Bertz CT molecular complexity index is 971. The number of esters is 2. The lowest BCUT2D eigenvalue weighted by Crippen LogP contribution is -2.37. The molecule has 1 aromatic rings. The molecule has 0 amide bonds. The van der Waals surface area contributed by atoms with Crippen molar-refractivity contribution >= 4 is 23.3 Å². The molecule has 2 unspecified atom stereocenters. The number of nitro benzene ring substituents is 1. The number of benzene rings is 1. The zero-order valence-electron chi connectivity index (χ0n) is 20.2. The van der Waals surface area contributed by atoms with Crippen molar-refractivity contribution in [2.24, 2.45) is 16.6 Å². The van der Waals surface area contributed by atoms with Crippen LogP contribution in [0.1, 0.15) is 58.4 Å². The van der Waals surface area contributed by atoms with Gasteiger partial charge in [-0.05, 0) is 52.6 Å². The number of nitro groups is 1. The number of allylic oxidation sites excluding steroid dienone is 1. The van der Waals surface area contributed by atoms with Crippen LogP contribution in [0.2, 0.25) is 0 Å². The number of non-ortho nitro benzene ring substituents is 1. The Labute approximate surface area is 199 Å². The van der Waals surface area contributed by atoms with E-state index in [9.17, 15) is 19.7 Å². The van der Waals surface area contributed by atoms with Gasteiger partial charge in [-0.1, -0.05) is 6.92 Å². The van der Waals surface area contributed by atoms with Crippen LogP contribution in [-0.4, -0.2) is 48.9 Å². The Balaban J connectivity index is 2.76. The third kappa shape index (κ3) is 6.19. The number of unbranched alkanes of at least 4 members (excludes halogenated alkanes) is 1. The zero-order valence-corrected chi connectivity index (χ0v) is 20.2. The van der Waals surface area contributed by atoms with E-state index in [4.69, 9.17) is 19.9 Å². The first-order valence-corrected chi connectivity index (χ1v) is 11.5. The van der Waals surface area contributed by atoms with E-state index in [0.717, 1.165) is 6.42 Å². The lowest BCUT2D eigenvalue weighted by atomic mass is 9.74. The highest BCUT2D eigenvalue weighted by Crippen LogP contribution is 2.45. The van der Waals surface area contributed by atoms with Gasteiger partial charge in [0.25, 0.3) is 5.69 Å². The number of aliphatic imine (C=N–C) groups is 1. The Kier molecular flexibility index (Phi) is 10.2. The van der Waals surface area contributed by atoms with E-state index < -0.39 is 28.7 Å². The molecule has 10 heteroatoms. The smallest absolute Gasteiger partial charge is 0.336 e. The van der Waals surface area contributed by atoms with E-state index in [1.807, 2.05) is 6.92 Å². The first-order chi connectivity index (χ1) is 16.3. The van der Waals surface area contributed by atoms with E-state index in [-0.39, 0.29) is 24.5 Å². The number of nitrogens with zero attached hydrogens (tertiary/aromatic N) is 2. The summed E-state index contributed by atoms with van der Waals surface area (Å²) in [5.74, 6) is -2.76. The number of ether oxygens (including phenoxy) is 3. The summed E-state index contributed by atoms with van der Waals surface area (Å²) in [5.41, 5.74) is 6.80. The Morgan fingerprint density at radius 2 is 1.85 bits per heavy atom. The van der Waals surface area contributed by atoms with Crippen molar-refractivity contribution in [2.45, 2.75) is 52.9 Å². The van der Waals surface area contributed by atoms with Crippen LogP contribution in [0.4, 0.5) is 5.69 Å². The Morgan fingerprint density at radius 1 is 1.15 bits per heavy atom. The van der Waals surface area contributed by atoms with E-state index in [1.165, 1.54) is 18.2 Å². The monoisotopic (exact) mass is 475 g/mol. The second kappa shape index (κ2) is 12.8. The van der Waals surface area contributed by atoms with E-state index in [1.54, 1.807) is 20.8 Å². The molecule has 0 saturated heterocycles. The third-order valence-electron chi connectivity index (χ3n) is 5.48. The normalized spacial score (nSPS) is 17.7. The fourth-order valence-corrected chi connectivity index (χ4v) is 3.98. The molecule has 34 heavy (non-hydrogen) atoms. The first kappa shape index (κ1) is 27.0. The summed E-state index contributed by atoms with van der Waals surface area (Å²) in [7, 11) is 0. The van der Waals surface area contributed by atoms with Gasteiger partial charge in [-0.2, -0.15) is 0 Å². The second-order valence-electron chi connectivity index (χ2n) is 7.72. The van der Waals surface area contributed by atoms with Crippen LogP contribution in [0.15, 0.2) is 34.5 Å². The third-order valence-corrected chi connectivity index (χ3v) is 5.48. The highest BCUT2D eigenvalue weighted by Gasteiger charge is 2.44. The number of nitrogens with two attached hydrogens (primary N) is 1. The minimum Gasteiger partial charge on any atom is -0.493 e. The lowest BCUT2D eigenvalue weighted by Gasteiger charge is -2.32. The Hall–Kier alpha value is -3.27. The average molecular weight is 476 g/mol. The predicted octanol–water partition coefficient (Wildman–Crippen LogP) is 3.68. The summed E-state index contributed by atoms with van der Waals surface area (Å²) >= 11 is 0. The molecule has 0 fully saturated rings. The second-order valence-corrected chi connectivity index (χ2v) is 7.72. The fraction of sp³-hybridized carbons (Fsp3) is 0.542. The van der Waals surface area contributed by atoms with Gasteiger partial charge in [0, 0.05) is 29.3 Å². The summed E-state index contributed by atoms with van der Waals surface area (Å²) < 4.78 is 16.6. The van der Waals surface area contributed by atoms with Gasteiger partial charge in [0.2, 0.25) is 0 Å². The highest BCUT2D eigenvalue weighted by atomic mass is 16.6. The molecule has 186 valence electrons. The Morgan fingerprint density at radius 3 is 2.44 bits per heavy atom.